The zero-order chi connectivity index (χ0) is 13.9. The molecule has 3 heteroatoms. The van der Waals surface area contributed by atoms with Gasteiger partial charge >= 0.3 is 0 Å². The summed E-state index contributed by atoms with van der Waals surface area (Å²) in [7, 11) is 0. The lowest BCUT2D eigenvalue weighted by Gasteiger charge is -2.29. The molecular formula is C17H25FN2. The van der Waals surface area contributed by atoms with Crippen molar-refractivity contribution in [2.75, 3.05) is 6.54 Å². The van der Waals surface area contributed by atoms with Gasteiger partial charge in [-0.15, -0.1) is 0 Å². The van der Waals surface area contributed by atoms with E-state index in [1.807, 2.05) is 0 Å². The van der Waals surface area contributed by atoms with Crippen LogP contribution in [0.5, 0.6) is 0 Å². The standard InChI is InChI=1S/C17H25FN2/c18-16-9-13(11-19)8-14(10-16)12-20-7-3-6-17(20)15-4-1-2-5-15/h8-10,15,17H,1-7,11-12,19H2. The highest BCUT2D eigenvalue weighted by Crippen LogP contribution is 2.36. The Bertz CT molecular complexity index is 454. The predicted octanol–water partition coefficient (Wildman–Crippen LogP) is 3.44. The van der Waals surface area contributed by atoms with Gasteiger partial charge in [-0.25, -0.2) is 4.39 Å². The van der Waals surface area contributed by atoms with Crippen LogP contribution >= 0.6 is 0 Å². The molecule has 20 heavy (non-hydrogen) atoms. The monoisotopic (exact) mass is 276 g/mol. The lowest BCUT2D eigenvalue weighted by molar-refractivity contribution is 0.183. The Kier molecular flexibility index (Phi) is 4.37. The average molecular weight is 276 g/mol. The predicted molar refractivity (Wildman–Crippen MR) is 79.7 cm³/mol. The first-order chi connectivity index (χ1) is 9.76. The molecule has 0 spiro atoms. The molecular weight excluding hydrogens is 251 g/mol. The Morgan fingerprint density at radius 2 is 1.80 bits per heavy atom. The molecule has 110 valence electrons. The Morgan fingerprint density at radius 3 is 2.55 bits per heavy atom. The Balaban J connectivity index is 1.71. The fraction of sp³-hybridized carbons (Fsp3) is 0.647. The summed E-state index contributed by atoms with van der Waals surface area (Å²) < 4.78 is 13.6. The highest BCUT2D eigenvalue weighted by atomic mass is 19.1. The summed E-state index contributed by atoms with van der Waals surface area (Å²) >= 11 is 0. The third-order valence-corrected chi connectivity index (χ3v) is 5.00. The van der Waals surface area contributed by atoms with Crippen LogP contribution in [0.15, 0.2) is 18.2 Å². The zero-order valence-corrected chi connectivity index (χ0v) is 12.2. The second kappa shape index (κ2) is 6.23. The zero-order valence-electron chi connectivity index (χ0n) is 12.2. The fourth-order valence-electron chi connectivity index (χ4n) is 4.09. The van der Waals surface area contributed by atoms with Crippen LogP contribution in [-0.4, -0.2) is 17.5 Å². The minimum atomic E-state index is -0.153. The molecule has 0 amide bonds. The van der Waals surface area contributed by atoms with Crippen LogP contribution in [0.4, 0.5) is 4.39 Å². The van der Waals surface area contributed by atoms with Gasteiger partial charge in [0.1, 0.15) is 5.82 Å². The van der Waals surface area contributed by atoms with Crippen LogP contribution in [0.3, 0.4) is 0 Å². The largest absolute Gasteiger partial charge is 0.326 e. The van der Waals surface area contributed by atoms with Gasteiger partial charge < -0.3 is 5.73 Å². The number of nitrogens with two attached hydrogens (primary N) is 1. The first-order valence-corrected chi connectivity index (χ1v) is 7.99. The lowest BCUT2D eigenvalue weighted by Crippen LogP contribution is -2.34. The number of rotatable bonds is 4. The number of likely N-dealkylation sites (tertiary alicyclic amines) is 1. The van der Waals surface area contributed by atoms with Gasteiger partial charge in [-0.05, 0) is 61.4 Å². The van der Waals surface area contributed by atoms with E-state index in [0.29, 0.717) is 6.54 Å². The fourth-order valence-corrected chi connectivity index (χ4v) is 4.09. The minimum absolute atomic E-state index is 0.153. The van der Waals surface area contributed by atoms with E-state index >= 15 is 0 Å². The van der Waals surface area contributed by atoms with Crippen LogP contribution in [0.2, 0.25) is 0 Å². The summed E-state index contributed by atoms with van der Waals surface area (Å²) in [5.74, 6) is 0.722. The van der Waals surface area contributed by atoms with E-state index < -0.39 is 0 Å². The minimum Gasteiger partial charge on any atom is -0.326 e. The first kappa shape index (κ1) is 14.0. The van der Waals surface area contributed by atoms with Gasteiger partial charge in [0.15, 0.2) is 0 Å². The third-order valence-electron chi connectivity index (χ3n) is 5.00. The van der Waals surface area contributed by atoms with Gasteiger partial charge in [0, 0.05) is 19.1 Å². The van der Waals surface area contributed by atoms with Gasteiger partial charge in [0.05, 0.1) is 0 Å². The van der Waals surface area contributed by atoms with Gasteiger partial charge in [-0.3, -0.25) is 4.90 Å². The maximum absolute atomic E-state index is 13.6. The number of nitrogens with zero attached hydrogens (tertiary/aromatic N) is 1. The number of hydrogen-bond acceptors (Lipinski definition) is 2. The van der Waals surface area contributed by atoms with E-state index in [1.54, 1.807) is 12.1 Å². The molecule has 1 atom stereocenters. The molecule has 2 aliphatic rings. The van der Waals surface area contributed by atoms with Gasteiger partial charge in [-0.2, -0.15) is 0 Å². The molecule has 3 rings (SSSR count). The topological polar surface area (TPSA) is 29.3 Å². The summed E-state index contributed by atoms with van der Waals surface area (Å²) in [6.07, 6.45) is 8.18. The lowest BCUT2D eigenvalue weighted by atomic mass is 9.95. The second-order valence-corrected chi connectivity index (χ2v) is 6.40. The van der Waals surface area contributed by atoms with Crippen LogP contribution in [0.1, 0.15) is 49.7 Å². The van der Waals surface area contributed by atoms with Crippen molar-refractivity contribution in [3.05, 3.63) is 35.1 Å². The molecule has 1 unspecified atom stereocenters. The molecule has 2 nitrogen and oxygen atoms in total. The van der Waals surface area contributed by atoms with Crippen LogP contribution in [-0.2, 0) is 13.1 Å². The van der Waals surface area contributed by atoms with Crippen molar-refractivity contribution in [2.24, 2.45) is 11.7 Å². The molecule has 2 N–H and O–H groups in total. The van der Waals surface area contributed by atoms with Crippen LogP contribution in [0.25, 0.3) is 0 Å². The van der Waals surface area contributed by atoms with Gasteiger partial charge in [0.2, 0.25) is 0 Å². The Hall–Kier alpha value is -0.930. The third kappa shape index (κ3) is 3.04. The molecule has 1 saturated heterocycles. The molecule has 1 aliphatic heterocycles. The summed E-state index contributed by atoms with van der Waals surface area (Å²) in [6.45, 7) is 2.46. The number of benzene rings is 1. The van der Waals surface area contributed by atoms with E-state index in [9.17, 15) is 4.39 Å². The molecule has 1 aromatic rings. The van der Waals surface area contributed by atoms with E-state index in [-0.39, 0.29) is 5.82 Å². The summed E-state index contributed by atoms with van der Waals surface area (Å²) in [4.78, 5) is 2.57. The molecule has 1 aromatic carbocycles. The summed E-state index contributed by atoms with van der Waals surface area (Å²) in [5, 5.41) is 0. The van der Waals surface area contributed by atoms with Crippen molar-refractivity contribution in [2.45, 2.75) is 57.7 Å². The molecule has 1 heterocycles. The quantitative estimate of drug-likeness (QED) is 0.912. The highest BCUT2D eigenvalue weighted by molar-refractivity contribution is 5.24. The van der Waals surface area contributed by atoms with Crippen LogP contribution < -0.4 is 5.73 Å². The summed E-state index contributed by atoms with van der Waals surface area (Å²) in [5.41, 5.74) is 7.62. The number of hydrogen-bond donors (Lipinski definition) is 1. The second-order valence-electron chi connectivity index (χ2n) is 6.40. The number of halogens is 1. The van der Waals surface area contributed by atoms with Crippen molar-refractivity contribution in [1.29, 1.82) is 0 Å². The molecule has 1 saturated carbocycles. The van der Waals surface area contributed by atoms with E-state index in [0.717, 1.165) is 36.2 Å². The normalized spacial score (nSPS) is 24.6. The van der Waals surface area contributed by atoms with Crippen molar-refractivity contribution in [1.82, 2.24) is 4.90 Å². The van der Waals surface area contributed by atoms with Crippen molar-refractivity contribution in [3.63, 3.8) is 0 Å². The first-order valence-electron chi connectivity index (χ1n) is 7.99. The van der Waals surface area contributed by atoms with Crippen molar-refractivity contribution < 1.29 is 4.39 Å². The SMILES string of the molecule is NCc1cc(F)cc(CN2CCCC2C2CCCC2)c1. The van der Waals surface area contributed by atoms with E-state index in [2.05, 4.69) is 11.0 Å². The maximum Gasteiger partial charge on any atom is 0.123 e. The van der Waals surface area contributed by atoms with Crippen molar-refractivity contribution >= 4 is 0 Å². The van der Waals surface area contributed by atoms with E-state index in [4.69, 9.17) is 5.73 Å². The van der Waals surface area contributed by atoms with Gasteiger partial charge in [0.25, 0.3) is 0 Å². The van der Waals surface area contributed by atoms with Crippen molar-refractivity contribution in [3.8, 4) is 0 Å². The van der Waals surface area contributed by atoms with Crippen LogP contribution in [0, 0.1) is 11.7 Å². The summed E-state index contributed by atoms with van der Waals surface area (Å²) in [6, 6.07) is 6.00. The molecule has 2 fully saturated rings. The smallest absolute Gasteiger partial charge is 0.123 e. The van der Waals surface area contributed by atoms with E-state index in [1.165, 1.54) is 38.5 Å². The molecule has 0 radical (unpaired) electrons. The molecule has 0 bridgehead atoms. The Morgan fingerprint density at radius 1 is 1.05 bits per heavy atom. The Labute approximate surface area is 121 Å². The molecule has 0 aromatic heterocycles. The highest BCUT2D eigenvalue weighted by Gasteiger charge is 2.33. The maximum atomic E-state index is 13.6. The average Bonchev–Trinajstić information content (AvgIpc) is 3.08. The van der Waals surface area contributed by atoms with Gasteiger partial charge in [-0.1, -0.05) is 18.9 Å². The molecule has 1 aliphatic carbocycles.